The van der Waals surface area contributed by atoms with Crippen LogP contribution in [0.1, 0.15) is 29.5 Å². The third-order valence-electron chi connectivity index (χ3n) is 3.65. The summed E-state index contributed by atoms with van der Waals surface area (Å²) in [6, 6.07) is 1.98. The number of benzene rings is 1. The molecule has 0 spiro atoms. The van der Waals surface area contributed by atoms with Crippen LogP contribution in [0.25, 0.3) is 0 Å². The van der Waals surface area contributed by atoms with E-state index in [1.54, 1.807) is 12.1 Å². The molecule has 1 aromatic carbocycles. The Kier molecular flexibility index (Phi) is 7.01. The second kappa shape index (κ2) is 8.51. The van der Waals surface area contributed by atoms with Crippen molar-refractivity contribution in [3.8, 4) is 5.75 Å². The minimum Gasteiger partial charge on any atom is -0.508 e. The molecule has 1 aromatic rings. The van der Waals surface area contributed by atoms with E-state index in [0.717, 1.165) is 16.7 Å². The molecule has 1 rings (SSSR count). The number of carbonyl (C=O) groups is 2. The number of phenols is 1. The number of phenolic OH excluding ortho intramolecular Hbond substituents is 1. The summed E-state index contributed by atoms with van der Waals surface area (Å²) < 4.78 is 0. The van der Waals surface area contributed by atoms with Crippen LogP contribution in [0.3, 0.4) is 0 Å². The molecule has 0 aliphatic heterocycles. The fraction of sp³-hybridized carbons (Fsp3) is 0.500. The summed E-state index contributed by atoms with van der Waals surface area (Å²) in [5.74, 6) is -0.158. The molecule has 0 bridgehead atoms. The highest BCUT2D eigenvalue weighted by molar-refractivity contribution is 5.84. The van der Waals surface area contributed by atoms with Gasteiger partial charge in [-0.3, -0.25) is 4.79 Å². The third kappa shape index (κ3) is 5.13. The van der Waals surface area contributed by atoms with Crippen LogP contribution in [0.4, 0.5) is 0 Å². The molecule has 0 fully saturated rings. The molecule has 6 nitrogen and oxygen atoms in total. The standard InChI is InChI=1S/C16H25N3O3/c1-10-6-13(21)7-11(2)14(10)8-12(9-20)19-16(22)15(18)4-3-5-17/h6-7,9,12,15,21H,3-5,8,17-18H2,1-2H3,(H,19,22)/t12-,15+/m0/s1. The van der Waals surface area contributed by atoms with Crippen molar-refractivity contribution in [1.29, 1.82) is 0 Å². The number of aromatic hydroxyl groups is 1. The minimum atomic E-state index is -0.659. The van der Waals surface area contributed by atoms with Crippen LogP contribution in [-0.2, 0) is 16.0 Å². The van der Waals surface area contributed by atoms with Gasteiger partial charge in [0.15, 0.2) is 0 Å². The van der Waals surface area contributed by atoms with Gasteiger partial charge in [0, 0.05) is 0 Å². The predicted molar refractivity (Wildman–Crippen MR) is 85.5 cm³/mol. The molecule has 0 saturated heterocycles. The van der Waals surface area contributed by atoms with Gasteiger partial charge in [0.1, 0.15) is 12.0 Å². The fourth-order valence-electron chi connectivity index (χ4n) is 2.40. The van der Waals surface area contributed by atoms with E-state index >= 15 is 0 Å². The van der Waals surface area contributed by atoms with E-state index in [1.807, 2.05) is 13.8 Å². The van der Waals surface area contributed by atoms with Crippen molar-refractivity contribution in [3.05, 3.63) is 28.8 Å². The van der Waals surface area contributed by atoms with Gasteiger partial charge in [-0.2, -0.15) is 0 Å². The average Bonchev–Trinajstić information content (AvgIpc) is 2.46. The van der Waals surface area contributed by atoms with Crippen LogP contribution >= 0.6 is 0 Å². The smallest absolute Gasteiger partial charge is 0.237 e. The van der Waals surface area contributed by atoms with Crippen molar-refractivity contribution in [1.82, 2.24) is 5.32 Å². The van der Waals surface area contributed by atoms with Gasteiger partial charge >= 0.3 is 0 Å². The first-order valence-corrected chi connectivity index (χ1v) is 7.39. The van der Waals surface area contributed by atoms with Gasteiger partial charge in [-0.1, -0.05) is 0 Å². The van der Waals surface area contributed by atoms with Crippen molar-refractivity contribution >= 4 is 12.2 Å². The topological polar surface area (TPSA) is 118 Å². The summed E-state index contributed by atoms with van der Waals surface area (Å²) in [6.45, 7) is 4.20. The number of nitrogens with two attached hydrogens (primary N) is 2. The lowest BCUT2D eigenvalue weighted by molar-refractivity contribution is -0.125. The number of amides is 1. The van der Waals surface area contributed by atoms with Gasteiger partial charge in [0.2, 0.25) is 5.91 Å². The highest BCUT2D eigenvalue weighted by Crippen LogP contribution is 2.21. The lowest BCUT2D eigenvalue weighted by Gasteiger charge is -2.19. The minimum absolute atomic E-state index is 0.189. The number of aldehydes is 1. The monoisotopic (exact) mass is 307 g/mol. The van der Waals surface area contributed by atoms with Gasteiger partial charge in [0.05, 0.1) is 12.1 Å². The highest BCUT2D eigenvalue weighted by atomic mass is 16.3. The first-order valence-electron chi connectivity index (χ1n) is 7.39. The Morgan fingerprint density at radius 2 is 1.95 bits per heavy atom. The molecule has 0 heterocycles. The number of nitrogens with one attached hydrogen (secondary N) is 1. The lowest BCUT2D eigenvalue weighted by atomic mass is 9.96. The van der Waals surface area contributed by atoms with Crippen molar-refractivity contribution < 1.29 is 14.7 Å². The summed E-state index contributed by atoms with van der Waals surface area (Å²) in [5, 5.41) is 12.2. The second-order valence-electron chi connectivity index (χ2n) is 5.55. The molecular formula is C16H25N3O3. The van der Waals surface area contributed by atoms with Crippen LogP contribution in [-0.4, -0.2) is 35.9 Å². The summed E-state index contributed by atoms with van der Waals surface area (Å²) in [6.07, 6.45) is 2.23. The second-order valence-corrected chi connectivity index (χ2v) is 5.55. The quantitative estimate of drug-likeness (QED) is 0.515. The highest BCUT2D eigenvalue weighted by Gasteiger charge is 2.19. The van der Waals surface area contributed by atoms with E-state index in [9.17, 15) is 14.7 Å². The summed E-state index contributed by atoms with van der Waals surface area (Å²) in [7, 11) is 0. The summed E-state index contributed by atoms with van der Waals surface area (Å²) in [5.41, 5.74) is 13.8. The Morgan fingerprint density at radius 1 is 1.36 bits per heavy atom. The van der Waals surface area contributed by atoms with E-state index < -0.39 is 12.1 Å². The number of hydrogen-bond acceptors (Lipinski definition) is 5. The number of hydrogen-bond donors (Lipinski definition) is 4. The predicted octanol–water partition coefficient (Wildman–Crippen LogP) is 0.301. The first-order chi connectivity index (χ1) is 10.4. The summed E-state index contributed by atoms with van der Waals surface area (Å²) in [4.78, 5) is 23.2. The number of carbonyl (C=O) groups excluding carboxylic acids is 2. The van der Waals surface area contributed by atoms with Crippen LogP contribution in [0.2, 0.25) is 0 Å². The molecule has 0 unspecified atom stereocenters. The Hall–Kier alpha value is -1.92. The molecule has 0 aliphatic rings. The Labute approximate surface area is 130 Å². The van der Waals surface area contributed by atoms with Gasteiger partial charge < -0.3 is 26.7 Å². The van der Waals surface area contributed by atoms with Crippen molar-refractivity contribution in [3.63, 3.8) is 0 Å². The fourth-order valence-corrected chi connectivity index (χ4v) is 2.40. The Bertz CT molecular complexity index is 508. The van der Waals surface area contributed by atoms with E-state index in [4.69, 9.17) is 11.5 Å². The maximum absolute atomic E-state index is 12.0. The van der Waals surface area contributed by atoms with Gasteiger partial charge in [-0.15, -0.1) is 0 Å². The molecule has 2 atom stereocenters. The Balaban J connectivity index is 2.74. The van der Waals surface area contributed by atoms with Crippen molar-refractivity contribution in [2.75, 3.05) is 6.54 Å². The van der Waals surface area contributed by atoms with Gasteiger partial charge in [-0.25, -0.2) is 0 Å². The van der Waals surface area contributed by atoms with Crippen LogP contribution in [0.15, 0.2) is 12.1 Å². The molecule has 0 aromatic heterocycles. The number of aryl methyl sites for hydroxylation is 2. The summed E-state index contributed by atoms with van der Waals surface area (Å²) >= 11 is 0. The SMILES string of the molecule is Cc1cc(O)cc(C)c1C[C@@H](C=O)NC(=O)[C@H](N)CCCN. The molecule has 1 amide bonds. The molecule has 6 heteroatoms. The normalized spacial score (nSPS) is 13.5. The van der Waals surface area contributed by atoms with Gasteiger partial charge in [-0.05, 0) is 68.5 Å². The molecule has 122 valence electrons. The van der Waals surface area contributed by atoms with Crippen LogP contribution in [0.5, 0.6) is 5.75 Å². The van der Waals surface area contributed by atoms with Crippen molar-refractivity contribution in [2.45, 2.75) is 45.2 Å². The van der Waals surface area contributed by atoms with Gasteiger partial charge in [0.25, 0.3) is 0 Å². The van der Waals surface area contributed by atoms with Crippen LogP contribution < -0.4 is 16.8 Å². The van der Waals surface area contributed by atoms with Crippen LogP contribution in [0, 0.1) is 13.8 Å². The number of rotatable bonds is 8. The van der Waals surface area contributed by atoms with E-state index in [0.29, 0.717) is 32.1 Å². The van der Waals surface area contributed by atoms with E-state index in [1.165, 1.54) is 0 Å². The zero-order valence-corrected chi connectivity index (χ0v) is 13.1. The van der Waals surface area contributed by atoms with E-state index in [2.05, 4.69) is 5.32 Å². The molecule has 6 N–H and O–H groups in total. The van der Waals surface area contributed by atoms with Crippen molar-refractivity contribution in [2.24, 2.45) is 11.5 Å². The first kappa shape index (κ1) is 18.1. The molecular weight excluding hydrogens is 282 g/mol. The molecule has 0 saturated carbocycles. The largest absolute Gasteiger partial charge is 0.508 e. The Morgan fingerprint density at radius 3 is 2.45 bits per heavy atom. The molecule has 0 radical (unpaired) electrons. The third-order valence-corrected chi connectivity index (χ3v) is 3.65. The zero-order valence-electron chi connectivity index (χ0n) is 13.1. The van der Waals surface area contributed by atoms with E-state index in [-0.39, 0.29) is 11.7 Å². The molecule has 22 heavy (non-hydrogen) atoms. The zero-order chi connectivity index (χ0) is 16.7. The maximum Gasteiger partial charge on any atom is 0.237 e. The molecule has 0 aliphatic carbocycles. The maximum atomic E-state index is 12.0. The average molecular weight is 307 g/mol. The lowest BCUT2D eigenvalue weighted by Crippen LogP contribution is -2.47.